The number of amides is 1. The molecule has 1 heterocycles. The second-order valence-corrected chi connectivity index (χ2v) is 5.79. The Kier molecular flexibility index (Phi) is 5.59. The van der Waals surface area contributed by atoms with Gasteiger partial charge in [-0.05, 0) is 35.4 Å². The first-order valence-electron chi connectivity index (χ1n) is 8.30. The van der Waals surface area contributed by atoms with Gasteiger partial charge in [0, 0.05) is 0 Å². The molecule has 3 aromatic rings. The molecule has 0 radical (unpaired) electrons. The van der Waals surface area contributed by atoms with Gasteiger partial charge in [0.25, 0.3) is 0 Å². The van der Waals surface area contributed by atoms with Gasteiger partial charge < -0.3 is 19.2 Å². The average Bonchev–Trinajstić information content (AvgIpc) is 3.21. The molecular formula is C21H21NO4. The number of benzene rings is 2. The number of carbonyl (C=O) groups excluding carboxylic acids is 1. The summed E-state index contributed by atoms with van der Waals surface area (Å²) < 4.78 is 16.0. The zero-order valence-electron chi connectivity index (χ0n) is 14.8. The van der Waals surface area contributed by atoms with Crippen molar-refractivity contribution in [2.24, 2.45) is 0 Å². The lowest BCUT2D eigenvalue weighted by Crippen LogP contribution is -2.30. The van der Waals surface area contributed by atoms with Crippen LogP contribution in [0.2, 0.25) is 0 Å². The highest BCUT2D eigenvalue weighted by Crippen LogP contribution is 2.28. The van der Waals surface area contributed by atoms with Gasteiger partial charge in [-0.15, -0.1) is 0 Å². The largest absolute Gasteiger partial charge is 0.493 e. The van der Waals surface area contributed by atoms with E-state index in [2.05, 4.69) is 5.32 Å². The maximum Gasteiger partial charge on any atom is 0.225 e. The van der Waals surface area contributed by atoms with Crippen molar-refractivity contribution in [2.75, 3.05) is 14.2 Å². The second kappa shape index (κ2) is 8.25. The van der Waals surface area contributed by atoms with Crippen molar-refractivity contribution >= 4 is 5.91 Å². The van der Waals surface area contributed by atoms with Crippen LogP contribution >= 0.6 is 0 Å². The van der Waals surface area contributed by atoms with E-state index in [-0.39, 0.29) is 18.4 Å². The van der Waals surface area contributed by atoms with Crippen molar-refractivity contribution in [1.82, 2.24) is 5.32 Å². The summed E-state index contributed by atoms with van der Waals surface area (Å²) in [5.74, 6) is 1.82. The summed E-state index contributed by atoms with van der Waals surface area (Å²) in [5, 5.41) is 3.05. The van der Waals surface area contributed by atoms with Crippen LogP contribution in [0.25, 0.3) is 0 Å². The SMILES string of the molecule is COc1ccc(CC(=O)NC(c2ccccc2)c2ccco2)cc1OC. The van der Waals surface area contributed by atoms with Crippen molar-refractivity contribution in [3.05, 3.63) is 83.8 Å². The highest BCUT2D eigenvalue weighted by molar-refractivity contribution is 5.79. The van der Waals surface area contributed by atoms with E-state index in [0.717, 1.165) is 11.1 Å². The number of nitrogens with one attached hydrogen (secondary N) is 1. The standard InChI is InChI=1S/C21H21NO4/c1-24-17-11-10-15(13-19(17)25-2)14-20(23)22-21(18-9-6-12-26-18)16-7-4-3-5-8-16/h3-13,21H,14H2,1-2H3,(H,22,23). The van der Waals surface area contributed by atoms with Gasteiger partial charge in [-0.1, -0.05) is 36.4 Å². The molecule has 3 rings (SSSR count). The minimum atomic E-state index is -0.334. The third kappa shape index (κ3) is 4.06. The van der Waals surface area contributed by atoms with Crippen LogP contribution < -0.4 is 14.8 Å². The number of hydrogen-bond donors (Lipinski definition) is 1. The highest BCUT2D eigenvalue weighted by atomic mass is 16.5. The van der Waals surface area contributed by atoms with Crippen molar-refractivity contribution in [3.63, 3.8) is 0 Å². The molecule has 1 atom stereocenters. The van der Waals surface area contributed by atoms with E-state index in [1.165, 1.54) is 0 Å². The summed E-state index contributed by atoms with van der Waals surface area (Å²) in [4.78, 5) is 12.6. The number of carbonyl (C=O) groups is 1. The lowest BCUT2D eigenvalue weighted by Gasteiger charge is -2.17. The van der Waals surface area contributed by atoms with Gasteiger partial charge >= 0.3 is 0 Å². The summed E-state index contributed by atoms with van der Waals surface area (Å²) in [6.45, 7) is 0. The summed E-state index contributed by atoms with van der Waals surface area (Å²) in [6, 6.07) is 18.5. The smallest absolute Gasteiger partial charge is 0.225 e. The fraction of sp³-hybridized carbons (Fsp3) is 0.190. The molecule has 134 valence electrons. The first-order chi connectivity index (χ1) is 12.7. The fourth-order valence-corrected chi connectivity index (χ4v) is 2.81. The normalized spacial score (nSPS) is 11.6. The molecule has 26 heavy (non-hydrogen) atoms. The predicted octanol–water partition coefficient (Wildman–Crippen LogP) is 3.75. The van der Waals surface area contributed by atoms with Crippen LogP contribution in [0, 0.1) is 0 Å². The molecule has 0 fully saturated rings. The van der Waals surface area contributed by atoms with Gasteiger partial charge in [-0.2, -0.15) is 0 Å². The van der Waals surface area contributed by atoms with Crippen LogP contribution in [0.5, 0.6) is 11.5 Å². The number of methoxy groups -OCH3 is 2. The Hall–Kier alpha value is -3.21. The molecule has 0 saturated heterocycles. The number of rotatable bonds is 7. The van der Waals surface area contributed by atoms with Gasteiger partial charge in [-0.25, -0.2) is 0 Å². The number of furan rings is 1. The fourth-order valence-electron chi connectivity index (χ4n) is 2.81. The van der Waals surface area contributed by atoms with E-state index < -0.39 is 0 Å². The monoisotopic (exact) mass is 351 g/mol. The first-order valence-corrected chi connectivity index (χ1v) is 8.30. The molecule has 0 bridgehead atoms. The summed E-state index contributed by atoms with van der Waals surface area (Å²) in [5.41, 5.74) is 1.80. The van der Waals surface area contributed by atoms with E-state index in [4.69, 9.17) is 13.9 Å². The lowest BCUT2D eigenvalue weighted by atomic mass is 10.0. The molecule has 5 nitrogen and oxygen atoms in total. The molecule has 1 amide bonds. The maximum atomic E-state index is 12.6. The van der Waals surface area contributed by atoms with Crippen LogP contribution in [0.1, 0.15) is 22.9 Å². The molecule has 1 N–H and O–H groups in total. The lowest BCUT2D eigenvalue weighted by molar-refractivity contribution is -0.121. The zero-order valence-corrected chi connectivity index (χ0v) is 14.8. The molecule has 1 aromatic heterocycles. The van der Waals surface area contributed by atoms with Gasteiger partial charge in [0.2, 0.25) is 5.91 Å². The Balaban J connectivity index is 1.77. The van der Waals surface area contributed by atoms with Crippen molar-refractivity contribution < 1.29 is 18.7 Å². The third-order valence-electron chi connectivity index (χ3n) is 4.08. The minimum absolute atomic E-state index is 0.109. The Morgan fingerprint density at radius 3 is 2.42 bits per heavy atom. The third-order valence-corrected chi connectivity index (χ3v) is 4.08. The van der Waals surface area contributed by atoms with E-state index in [9.17, 15) is 4.79 Å². The molecule has 1 unspecified atom stereocenters. The van der Waals surface area contributed by atoms with Gasteiger partial charge in [-0.3, -0.25) is 4.79 Å². The molecule has 0 aliphatic carbocycles. The van der Waals surface area contributed by atoms with Crippen molar-refractivity contribution in [2.45, 2.75) is 12.5 Å². The Bertz CT molecular complexity index is 844. The number of hydrogen-bond acceptors (Lipinski definition) is 4. The highest BCUT2D eigenvalue weighted by Gasteiger charge is 2.19. The van der Waals surface area contributed by atoms with Gasteiger partial charge in [0.05, 0.1) is 26.9 Å². The maximum absolute atomic E-state index is 12.6. The van der Waals surface area contributed by atoms with Gasteiger partial charge in [0.1, 0.15) is 11.8 Å². The van der Waals surface area contributed by atoms with Crippen molar-refractivity contribution in [1.29, 1.82) is 0 Å². The Morgan fingerprint density at radius 2 is 1.77 bits per heavy atom. The van der Waals surface area contributed by atoms with Crippen LogP contribution in [0.3, 0.4) is 0 Å². The summed E-state index contributed by atoms with van der Waals surface area (Å²) in [7, 11) is 3.15. The van der Waals surface area contributed by atoms with Crippen LogP contribution in [0.4, 0.5) is 0 Å². The van der Waals surface area contributed by atoms with Crippen molar-refractivity contribution in [3.8, 4) is 11.5 Å². The topological polar surface area (TPSA) is 60.7 Å². The molecule has 2 aromatic carbocycles. The summed E-state index contributed by atoms with van der Waals surface area (Å²) in [6.07, 6.45) is 1.83. The molecule has 5 heteroatoms. The quantitative estimate of drug-likeness (QED) is 0.704. The predicted molar refractivity (Wildman–Crippen MR) is 98.4 cm³/mol. The molecule has 0 aliphatic heterocycles. The Labute approximate surface area is 152 Å². The summed E-state index contributed by atoms with van der Waals surface area (Å²) >= 11 is 0. The van der Waals surface area contributed by atoms with E-state index in [1.54, 1.807) is 26.5 Å². The molecule has 0 saturated carbocycles. The second-order valence-electron chi connectivity index (χ2n) is 5.79. The van der Waals surface area contributed by atoms with E-state index in [0.29, 0.717) is 17.3 Å². The molecule has 0 aliphatic rings. The van der Waals surface area contributed by atoms with E-state index >= 15 is 0 Å². The number of ether oxygens (including phenoxy) is 2. The van der Waals surface area contributed by atoms with Crippen LogP contribution in [-0.4, -0.2) is 20.1 Å². The minimum Gasteiger partial charge on any atom is -0.493 e. The van der Waals surface area contributed by atoms with Crippen LogP contribution in [-0.2, 0) is 11.2 Å². The zero-order chi connectivity index (χ0) is 18.4. The Morgan fingerprint density at radius 1 is 1.00 bits per heavy atom. The van der Waals surface area contributed by atoms with Crippen LogP contribution in [0.15, 0.2) is 71.3 Å². The van der Waals surface area contributed by atoms with Gasteiger partial charge in [0.15, 0.2) is 11.5 Å². The van der Waals surface area contributed by atoms with E-state index in [1.807, 2.05) is 54.6 Å². The molecular weight excluding hydrogens is 330 g/mol. The average molecular weight is 351 g/mol. The molecule has 0 spiro atoms. The first kappa shape index (κ1) is 17.6.